The van der Waals surface area contributed by atoms with Crippen LogP contribution in [0.5, 0.6) is 5.88 Å². The highest BCUT2D eigenvalue weighted by Crippen LogP contribution is 2.30. The van der Waals surface area contributed by atoms with Crippen LogP contribution >= 0.6 is 0 Å². The Labute approximate surface area is 218 Å². The van der Waals surface area contributed by atoms with Crippen LogP contribution in [0.4, 0.5) is 10.5 Å². The summed E-state index contributed by atoms with van der Waals surface area (Å²) in [7, 11) is 1.72. The van der Waals surface area contributed by atoms with E-state index in [0.29, 0.717) is 24.7 Å². The van der Waals surface area contributed by atoms with Crippen LogP contribution < -0.4 is 9.64 Å². The molecular weight excluding hydrogens is 468 g/mol. The van der Waals surface area contributed by atoms with E-state index in [1.807, 2.05) is 76.2 Å². The van der Waals surface area contributed by atoms with Crippen molar-refractivity contribution in [2.45, 2.75) is 59.0 Å². The molecule has 1 aromatic carbocycles. The Morgan fingerprint density at radius 1 is 1.16 bits per heavy atom. The number of rotatable bonds is 7. The minimum Gasteiger partial charge on any atom is -0.472 e. The average Bonchev–Trinajstić information content (AvgIpc) is 3.32. The maximum absolute atomic E-state index is 12.5. The van der Waals surface area contributed by atoms with E-state index in [1.165, 1.54) is 0 Å². The number of nitrogens with zero attached hydrogens (tertiary/aromatic N) is 4. The first-order chi connectivity index (χ1) is 17.6. The summed E-state index contributed by atoms with van der Waals surface area (Å²) >= 11 is 0. The van der Waals surface area contributed by atoms with Crippen LogP contribution in [0.25, 0.3) is 11.3 Å². The van der Waals surface area contributed by atoms with Crippen LogP contribution in [-0.4, -0.2) is 57.9 Å². The quantitative estimate of drug-likeness (QED) is 0.486. The number of aromatic nitrogens is 2. The van der Waals surface area contributed by atoms with Gasteiger partial charge in [-0.1, -0.05) is 30.3 Å². The summed E-state index contributed by atoms with van der Waals surface area (Å²) in [6.45, 7) is 9.25. The summed E-state index contributed by atoms with van der Waals surface area (Å²) in [6, 6.07) is 15.7. The second kappa shape index (κ2) is 11.2. The van der Waals surface area contributed by atoms with Crippen molar-refractivity contribution in [3.8, 4) is 17.1 Å². The van der Waals surface area contributed by atoms with Crippen molar-refractivity contribution < 1.29 is 19.4 Å². The Morgan fingerprint density at radius 3 is 2.65 bits per heavy atom. The predicted octanol–water partition coefficient (Wildman–Crippen LogP) is 4.97. The van der Waals surface area contributed by atoms with Crippen molar-refractivity contribution in [3.05, 3.63) is 71.5 Å². The van der Waals surface area contributed by atoms with Crippen molar-refractivity contribution in [2.75, 3.05) is 25.0 Å². The van der Waals surface area contributed by atoms with E-state index in [9.17, 15) is 9.90 Å². The third-order valence-corrected chi connectivity index (χ3v) is 6.16. The Kier molecular flexibility index (Phi) is 7.97. The van der Waals surface area contributed by atoms with Crippen LogP contribution in [0.1, 0.15) is 44.0 Å². The van der Waals surface area contributed by atoms with Gasteiger partial charge >= 0.3 is 6.09 Å². The standard InChI is InChI=1S/C29H36N4O4/c1-20-10-13-27(30-16-20)36-22-14-15-33(18-22)26-12-11-24(31-25(26)19-34)23-9-7-6-8-21(23)17-32(5)28(35)37-29(2,3)4/h6-13,16,22,34H,14-15,17-19H2,1-5H3/t22-/m0/s1. The molecule has 8 heteroatoms. The molecule has 0 bridgehead atoms. The van der Waals surface area contributed by atoms with Gasteiger partial charge in [-0.15, -0.1) is 0 Å². The first-order valence-corrected chi connectivity index (χ1v) is 12.6. The average molecular weight is 505 g/mol. The maximum Gasteiger partial charge on any atom is 0.410 e. The van der Waals surface area contributed by atoms with Gasteiger partial charge in [0.2, 0.25) is 5.88 Å². The number of pyridine rings is 2. The highest BCUT2D eigenvalue weighted by molar-refractivity contribution is 5.70. The van der Waals surface area contributed by atoms with Crippen LogP contribution in [-0.2, 0) is 17.9 Å². The normalized spacial score (nSPS) is 15.5. The zero-order valence-electron chi connectivity index (χ0n) is 22.3. The molecule has 1 amide bonds. The zero-order chi connectivity index (χ0) is 26.6. The highest BCUT2D eigenvalue weighted by Gasteiger charge is 2.27. The minimum absolute atomic E-state index is 0.0190. The number of benzene rings is 1. The molecule has 0 aliphatic carbocycles. The number of anilines is 1. The largest absolute Gasteiger partial charge is 0.472 e. The summed E-state index contributed by atoms with van der Waals surface area (Å²) in [5.41, 5.74) is 4.65. The number of amides is 1. The monoisotopic (exact) mass is 504 g/mol. The zero-order valence-corrected chi connectivity index (χ0v) is 22.3. The number of hydrogen-bond donors (Lipinski definition) is 1. The van der Waals surface area contributed by atoms with Gasteiger partial charge < -0.3 is 24.4 Å². The fourth-order valence-corrected chi connectivity index (χ4v) is 4.35. The van der Waals surface area contributed by atoms with Gasteiger partial charge in [0.15, 0.2) is 0 Å². The van der Waals surface area contributed by atoms with Gasteiger partial charge in [0.25, 0.3) is 0 Å². The Bertz CT molecular complexity index is 1220. The van der Waals surface area contributed by atoms with Gasteiger partial charge in [-0.2, -0.15) is 0 Å². The molecule has 3 aromatic rings. The Morgan fingerprint density at radius 2 is 1.95 bits per heavy atom. The molecule has 196 valence electrons. The van der Waals surface area contributed by atoms with Gasteiger partial charge in [0.05, 0.1) is 30.2 Å². The SMILES string of the molecule is Cc1ccc(O[C@H]2CCN(c3ccc(-c4ccccc4CN(C)C(=O)OC(C)(C)C)nc3CO)C2)nc1. The van der Waals surface area contributed by atoms with E-state index in [-0.39, 0.29) is 18.8 Å². The molecule has 1 N–H and O–H groups in total. The first-order valence-electron chi connectivity index (χ1n) is 12.6. The lowest BCUT2D eigenvalue weighted by Gasteiger charge is -2.25. The van der Waals surface area contributed by atoms with Crippen LogP contribution in [0, 0.1) is 6.92 Å². The lowest BCUT2D eigenvalue weighted by Crippen LogP contribution is -2.33. The van der Waals surface area contributed by atoms with Gasteiger partial charge in [-0.3, -0.25) is 0 Å². The van der Waals surface area contributed by atoms with E-state index in [1.54, 1.807) is 18.1 Å². The molecule has 1 fully saturated rings. The third kappa shape index (κ3) is 6.77. The van der Waals surface area contributed by atoms with E-state index in [2.05, 4.69) is 9.88 Å². The lowest BCUT2D eigenvalue weighted by molar-refractivity contribution is 0.0285. The van der Waals surface area contributed by atoms with Gasteiger partial charge in [-0.25, -0.2) is 14.8 Å². The lowest BCUT2D eigenvalue weighted by atomic mass is 10.0. The van der Waals surface area contributed by atoms with Crippen LogP contribution in [0.3, 0.4) is 0 Å². The molecule has 0 radical (unpaired) electrons. The van der Waals surface area contributed by atoms with E-state index >= 15 is 0 Å². The maximum atomic E-state index is 12.5. The number of ether oxygens (including phenoxy) is 2. The van der Waals surface area contributed by atoms with E-state index in [4.69, 9.17) is 14.5 Å². The predicted molar refractivity (Wildman–Crippen MR) is 144 cm³/mol. The summed E-state index contributed by atoms with van der Waals surface area (Å²) < 4.78 is 11.6. The third-order valence-electron chi connectivity index (χ3n) is 6.16. The van der Waals surface area contributed by atoms with Gasteiger partial charge in [0.1, 0.15) is 11.7 Å². The number of carbonyl (C=O) groups is 1. The number of aliphatic hydroxyl groups is 1. The summed E-state index contributed by atoms with van der Waals surface area (Å²) in [5, 5.41) is 10.2. The van der Waals surface area contributed by atoms with Crippen molar-refractivity contribution in [1.29, 1.82) is 0 Å². The fourth-order valence-electron chi connectivity index (χ4n) is 4.35. The number of aryl methyl sites for hydroxylation is 1. The smallest absolute Gasteiger partial charge is 0.410 e. The highest BCUT2D eigenvalue weighted by atomic mass is 16.6. The number of aliphatic hydroxyl groups excluding tert-OH is 1. The van der Waals surface area contributed by atoms with Gasteiger partial charge in [0, 0.05) is 44.4 Å². The molecule has 3 heterocycles. The molecule has 2 aromatic heterocycles. The number of carbonyl (C=O) groups excluding carboxylic acids is 1. The Balaban J connectivity index is 1.49. The number of hydrogen-bond acceptors (Lipinski definition) is 7. The molecule has 37 heavy (non-hydrogen) atoms. The molecule has 1 atom stereocenters. The molecule has 0 saturated carbocycles. The summed E-state index contributed by atoms with van der Waals surface area (Å²) in [5.74, 6) is 0.626. The van der Waals surface area contributed by atoms with E-state index < -0.39 is 5.60 Å². The first kappa shape index (κ1) is 26.4. The van der Waals surface area contributed by atoms with Crippen molar-refractivity contribution in [2.24, 2.45) is 0 Å². The summed E-state index contributed by atoms with van der Waals surface area (Å²) in [6.07, 6.45) is 2.30. The Hall–Kier alpha value is -3.65. The molecule has 1 saturated heterocycles. The molecular formula is C29H36N4O4. The van der Waals surface area contributed by atoms with Crippen LogP contribution in [0.15, 0.2) is 54.7 Å². The molecule has 1 aliphatic rings. The van der Waals surface area contributed by atoms with Crippen molar-refractivity contribution in [1.82, 2.24) is 14.9 Å². The molecule has 0 unspecified atom stereocenters. The topological polar surface area (TPSA) is 88.0 Å². The molecule has 1 aliphatic heterocycles. The van der Waals surface area contributed by atoms with Crippen molar-refractivity contribution in [3.63, 3.8) is 0 Å². The molecule has 4 rings (SSSR count). The molecule has 8 nitrogen and oxygen atoms in total. The minimum atomic E-state index is -0.561. The fraction of sp³-hybridized carbons (Fsp3) is 0.414. The van der Waals surface area contributed by atoms with E-state index in [0.717, 1.165) is 41.0 Å². The molecule has 0 spiro atoms. The van der Waals surface area contributed by atoms with Gasteiger partial charge in [-0.05, 0) is 51.0 Å². The summed E-state index contributed by atoms with van der Waals surface area (Å²) in [4.78, 5) is 25.4. The second-order valence-corrected chi connectivity index (χ2v) is 10.5. The second-order valence-electron chi connectivity index (χ2n) is 10.5. The van der Waals surface area contributed by atoms with Crippen LogP contribution in [0.2, 0.25) is 0 Å². The van der Waals surface area contributed by atoms with Crippen molar-refractivity contribution >= 4 is 11.8 Å².